The van der Waals surface area contributed by atoms with Gasteiger partial charge >= 0.3 is 0 Å². The predicted molar refractivity (Wildman–Crippen MR) is 92.9 cm³/mol. The second-order valence-electron chi connectivity index (χ2n) is 7.65. The molecule has 124 valence electrons. The van der Waals surface area contributed by atoms with E-state index in [2.05, 4.69) is 23.3 Å². The number of rotatable bonds is 5. The van der Waals surface area contributed by atoms with Crippen molar-refractivity contribution in [3.63, 3.8) is 0 Å². The molecule has 3 aliphatic rings. The van der Waals surface area contributed by atoms with Gasteiger partial charge in [0.25, 0.3) is 0 Å². The summed E-state index contributed by atoms with van der Waals surface area (Å²) in [5.41, 5.74) is 3.60. The van der Waals surface area contributed by atoms with Gasteiger partial charge in [0.05, 0.1) is 12.1 Å². The summed E-state index contributed by atoms with van der Waals surface area (Å²) in [7, 11) is 0. The number of nitrogens with one attached hydrogen (secondary N) is 2. The Morgan fingerprint density at radius 3 is 2.71 bits per heavy atom. The zero-order valence-electron chi connectivity index (χ0n) is 14.0. The molecule has 5 atom stereocenters. The molecule has 0 aromatic heterocycles. The highest BCUT2D eigenvalue weighted by Gasteiger charge is 2.72. The minimum atomic E-state index is -0.483. The van der Waals surface area contributed by atoms with Crippen LogP contribution in [0.15, 0.2) is 30.8 Å². The van der Waals surface area contributed by atoms with E-state index in [0.29, 0.717) is 23.8 Å². The Morgan fingerprint density at radius 2 is 2.25 bits per heavy atom. The van der Waals surface area contributed by atoms with Crippen LogP contribution in [0, 0.1) is 22.7 Å². The highest BCUT2D eigenvalue weighted by molar-refractivity contribution is 5.84. The van der Waals surface area contributed by atoms with Crippen LogP contribution in [0.3, 0.4) is 0 Å². The maximum atomic E-state index is 12.6. The Labute approximate surface area is 142 Å². The number of piperidine rings is 1. The standard InChI is InChI=1S/C20H23N3O/c1-12(2)14-5-3-13(4-6-14)9-15(11-21)22-19(24)18-16-10-20(16)8-7-17(20)23-18/h3-6,15-18,23H,1,7-10H2,2H3,(H,22,24)/t15-,16-,17+,18-,20?/m0/s1. The molecule has 4 heteroatoms. The average Bonchev–Trinajstić information content (AvgIpc) is 3.27. The molecule has 2 saturated carbocycles. The normalized spacial score (nSPS) is 33.4. The second kappa shape index (κ2) is 5.46. The molecule has 4 rings (SSSR count). The van der Waals surface area contributed by atoms with Gasteiger partial charge in [0, 0.05) is 12.5 Å². The van der Waals surface area contributed by atoms with E-state index in [1.54, 1.807) is 0 Å². The summed E-state index contributed by atoms with van der Waals surface area (Å²) in [5, 5.41) is 15.8. The van der Waals surface area contributed by atoms with Crippen LogP contribution in [0.4, 0.5) is 0 Å². The van der Waals surface area contributed by atoms with Crippen molar-refractivity contribution in [1.29, 1.82) is 5.26 Å². The number of benzene rings is 1. The maximum absolute atomic E-state index is 12.6. The van der Waals surface area contributed by atoms with Crippen molar-refractivity contribution in [3.8, 4) is 6.07 Å². The van der Waals surface area contributed by atoms with Gasteiger partial charge in [0.1, 0.15) is 6.04 Å². The lowest BCUT2D eigenvalue weighted by Crippen LogP contribution is -2.50. The van der Waals surface area contributed by atoms with Crippen molar-refractivity contribution in [2.45, 2.75) is 50.7 Å². The highest BCUT2D eigenvalue weighted by Crippen LogP contribution is 2.70. The van der Waals surface area contributed by atoms with Crippen molar-refractivity contribution in [1.82, 2.24) is 10.6 Å². The van der Waals surface area contributed by atoms with Gasteiger partial charge < -0.3 is 10.6 Å². The number of allylic oxidation sites excluding steroid dienone is 1. The van der Waals surface area contributed by atoms with Crippen LogP contribution in [0.2, 0.25) is 0 Å². The number of hydrogen-bond donors (Lipinski definition) is 2. The summed E-state index contributed by atoms with van der Waals surface area (Å²) in [6, 6.07) is 10.2. The smallest absolute Gasteiger partial charge is 0.238 e. The molecule has 1 saturated heterocycles. The lowest BCUT2D eigenvalue weighted by Gasteiger charge is -2.34. The average molecular weight is 321 g/mol. The zero-order valence-corrected chi connectivity index (χ0v) is 14.0. The van der Waals surface area contributed by atoms with E-state index in [1.165, 1.54) is 19.3 Å². The molecule has 0 bridgehead atoms. The Kier molecular flexibility index (Phi) is 3.51. The minimum absolute atomic E-state index is 0.00335. The number of amides is 1. The molecule has 3 fully saturated rings. The monoisotopic (exact) mass is 321 g/mol. The van der Waals surface area contributed by atoms with Crippen LogP contribution in [0.1, 0.15) is 37.3 Å². The van der Waals surface area contributed by atoms with E-state index in [4.69, 9.17) is 0 Å². The van der Waals surface area contributed by atoms with Crippen LogP contribution < -0.4 is 10.6 Å². The first kappa shape index (κ1) is 15.4. The number of hydrogen-bond acceptors (Lipinski definition) is 3. The maximum Gasteiger partial charge on any atom is 0.238 e. The Morgan fingerprint density at radius 1 is 1.50 bits per heavy atom. The summed E-state index contributed by atoms with van der Waals surface area (Å²) >= 11 is 0. The molecule has 24 heavy (non-hydrogen) atoms. The molecule has 1 spiro atoms. The van der Waals surface area contributed by atoms with Crippen molar-refractivity contribution in [2.75, 3.05) is 0 Å². The molecule has 1 aromatic carbocycles. The predicted octanol–water partition coefficient (Wildman–Crippen LogP) is 2.41. The van der Waals surface area contributed by atoms with Crippen LogP contribution in [-0.4, -0.2) is 24.0 Å². The first-order valence-electron chi connectivity index (χ1n) is 8.74. The van der Waals surface area contributed by atoms with Crippen molar-refractivity contribution in [3.05, 3.63) is 42.0 Å². The van der Waals surface area contributed by atoms with E-state index < -0.39 is 6.04 Å². The summed E-state index contributed by atoms with van der Waals surface area (Å²) in [6.07, 6.45) is 4.17. The SMILES string of the molecule is C=C(C)c1ccc(C[C@@H](C#N)NC(=O)[C@H]2N[C@@H]3CCC34C[C@@H]24)cc1. The lowest BCUT2D eigenvalue weighted by molar-refractivity contribution is -0.123. The fourth-order valence-electron chi connectivity index (χ4n) is 4.54. The van der Waals surface area contributed by atoms with Crippen molar-refractivity contribution in [2.24, 2.45) is 11.3 Å². The molecule has 1 aromatic rings. The fourth-order valence-corrected chi connectivity index (χ4v) is 4.54. The molecule has 1 aliphatic heterocycles. The fraction of sp³-hybridized carbons (Fsp3) is 0.500. The summed E-state index contributed by atoms with van der Waals surface area (Å²) in [6.45, 7) is 5.90. The Balaban J connectivity index is 1.37. The molecule has 1 unspecified atom stereocenters. The number of carbonyl (C=O) groups is 1. The van der Waals surface area contributed by atoms with Crippen LogP contribution in [0.5, 0.6) is 0 Å². The first-order valence-corrected chi connectivity index (χ1v) is 8.74. The topological polar surface area (TPSA) is 64.9 Å². The molecular formula is C20H23N3O. The van der Waals surface area contributed by atoms with E-state index in [1.807, 2.05) is 31.2 Å². The molecule has 4 nitrogen and oxygen atoms in total. The first-order chi connectivity index (χ1) is 11.5. The van der Waals surface area contributed by atoms with Gasteiger partial charge in [-0.25, -0.2) is 0 Å². The molecule has 1 heterocycles. The largest absolute Gasteiger partial charge is 0.339 e. The molecule has 1 amide bonds. The highest BCUT2D eigenvalue weighted by atomic mass is 16.2. The zero-order chi connectivity index (χ0) is 16.9. The van der Waals surface area contributed by atoms with Gasteiger partial charge in [0.2, 0.25) is 5.91 Å². The van der Waals surface area contributed by atoms with Gasteiger partial charge in [-0.1, -0.05) is 36.4 Å². The van der Waals surface area contributed by atoms with E-state index in [-0.39, 0.29) is 11.9 Å². The Bertz CT molecular complexity index is 732. The van der Waals surface area contributed by atoms with Crippen molar-refractivity contribution >= 4 is 11.5 Å². The number of nitrogens with zero attached hydrogens (tertiary/aromatic N) is 1. The summed E-state index contributed by atoms with van der Waals surface area (Å²) in [4.78, 5) is 12.6. The lowest BCUT2D eigenvalue weighted by atomic mass is 9.76. The molecule has 0 radical (unpaired) electrons. The second-order valence-corrected chi connectivity index (χ2v) is 7.65. The van der Waals surface area contributed by atoms with Gasteiger partial charge in [-0.05, 0) is 48.6 Å². The molecular weight excluding hydrogens is 298 g/mol. The third-order valence-corrected chi connectivity index (χ3v) is 6.20. The third-order valence-electron chi connectivity index (χ3n) is 6.20. The Hall–Kier alpha value is -2.12. The number of nitriles is 1. The van der Waals surface area contributed by atoms with E-state index >= 15 is 0 Å². The van der Waals surface area contributed by atoms with E-state index in [9.17, 15) is 10.1 Å². The quantitative estimate of drug-likeness (QED) is 0.875. The molecule has 2 N–H and O–H groups in total. The summed E-state index contributed by atoms with van der Waals surface area (Å²) < 4.78 is 0. The number of carbonyl (C=O) groups excluding carboxylic acids is 1. The third kappa shape index (κ3) is 2.35. The summed E-state index contributed by atoms with van der Waals surface area (Å²) in [5.74, 6) is 0.488. The van der Waals surface area contributed by atoms with E-state index in [0.717, 1.165) is 16.7 Å². The van der Waals surface area contributed by atoms with Gasteiger partial charge in [-0.15, -0.1) is 0 Å². The molecule has 2 aliphatic carbocycles. The van der Waals surface area contributed by atoms with Gasteiger partial charge in [-0.2, -0.15) is 5.26 Å². The van der Waals surface area contributed by atoms with Gasteiger partial charge in [-0.3, -0.25) is 4.79 Å². The van der Waals surface area contributed by atoms with Crippen LogP contribution >= 0.6 is 0 Å². The van der Waals surface area contributed by atoms with Crippen molar-refractivity contribution < 1.29 is 4.79 Å². The van der Waals surface area contributed by atoms with Crippen LogP contribution in [0.25, 0.3) is 5.57 Å². The van der Waals surface area contributed by atoms with Gasteiger partial charge in [0.15, 0.2) is 0 Å². The van der Waals surface area contributed by atoms with Crippen LogP contribution in [-0.2, 0) is 11.2 Å². The minimum Gasteiger partial charge on any atom is -0.339 e.